The molecule has 1 rings (SSSR count). The first kappa shape index (κ1) is 14.1. The van der Waals surface area contributed by atoms with Crippen molar-refractivity contribution >= 4 is 51.6 Å². The Morgan fingerprint density at radius 2 is 2.06 bits per heavy atom. The van der Waals surface area contributed by atoms with Crippen LogP contribution in [0.4, 0.5) is 0 Å². The van der Waals surface area contributed by atoms with Gasteiger partial charge in [-0.15, -0.1) is 0 Å². The largest absolute Gasteiger partial charge is 0.221 e. The highest BCUT2D eigenvalue weighted by atomic mass is 127. The van der Waals surface area contributed by atoms with Gasteiger partial charge in [-0.05, 0) is 42.8 Å². The lowest BCUT2D eigenvalue weighted by molar-refractivity contribution is 0.366. The Balaban J connectivity index is 3.20. The smallest absolute Gasteiger partial charge is 0.0964 e. The molecule has 1 aromatic rings. The molecule has 0 fully saturated rings. The third kappa shape index (κ3) is 3.04. The molecule has 0 aromatic heterocycles. The summed E-state index contributed by atoms with van der Waals surface area (Å²) < 4.78 is 1.01. The lowest BCUT2D eigenvalue weighted by atomic mass is 9.82. The molecular weight excluding hydrogens is 353 g/mol. The summed E-state index contributed by atoms with van der Waals surface area (Å²) in [7, 11) is 0. The van der Waals surface area contributed by atoms with Gasteiger partial charge >= 0.3 is 0 Å². The van der Waals surface area contributed by atoms with E-state index in [9.17, 15) is 0 Å². The molecule has 0 aliphatic rings. The lowest BCUT2D eigenvalue weighted by Crippen LogP contribution is -2.29. The van der Waals surface area contributed by atoms with Crippen LogP contribution in [0.3, 0.4) is 0 Å². The van der Waals surface area contributed by atoms with E-state index in [0.29, 0.717) is 5.92 Å². The SMILES string of the molecule is CC(CI)C(C)(N=C=S)c1ccc(Cl)cc1. The average molecular weight is 366 g/mol. The van der Waals surface area contributed by atoms with E-state index in [-0.39, 0.29) is 5.54 Å². The van der Waals surface area contributed by atoms with Crippen molar-refractivity contribution in [2.24, 2.45) is 10.9 Å². The van der Waals surface area contributed by atoms with Gasteiger partial charge in [0.05, 0.1) is 10.7 Å². The number of hydrogen-bond acceptors (Lipinski definition) is 2. The standard InChI is InChI=1S/C12H13ClINS/c1-9(7-14)12(2,15-8-16)10-3-5-11(13)6-4-10/h3-6,9H,7H2,1-2H3. The molecule has 86 valence electrons. The molecule has 0 saturated carbocycles. The molecule has 1 nitrogen and oxygen atoms in total. The van der Waals surface area contributed by atoms with E-state index in [0.717, 1.165) is 15.0 Å². The Kier molecular flexibility index (Phi) is 5.38. The van der Waals surface area contributed by atoms with Crippen molar-refractivity contribution in [1.82, 2.24) is 0 Å². The maximum Gasteiger partial charge on any atom is 0.0964 e. The zero-order valence-electron chi connectivity index (χ0n) is 9.21. The van der Waals surface area contributed by atoms with Crippen molar-refractivity contribution < 1.29 is 0 Å². The van der Waals surface area contributed by atoms with E-state index < -0.39 is 0 Å². The maximum atomic E-state index is 5.88. The number of alkyl halides is 1. The third-order valence-electron chi connectivity index (χ3n) is 2.90. The molecule has 0 aliphatic carbocycles. The highest BCUT2D eigenvalue weighted by Crippen LogP contribution is 2.35. The van der Waals surface area contributed by atoms with Crippen LogP contribution in [0, 0.1) is 5.92 Å². The molecule has 0 bridgehead atoms. The van der Waals surface area contributed by atoms with E-state index in [4.69, 9.17) is 23.8 Å². The fourth-order valence-corrected chi connectivity index (χ4v) is 2.66. The molecule has 0 N–H and O–H groups in total. The maximum absolute atomic E-state index is 5.88. The van der Waals surface area contributed by atoms with Crippen molar-refractivity contribution in [3.8, 4) is 0 Å². The second kappa shape index (κ2) is 6.10. The van der Waals surface area contributed by atoms with Crippen molar-refractivity contribution in [3.63, 3.8) is 0 Å². The fourth-order valence-electron chi connectivity index (χ4n) is 1.49. The quantitative estimate of drug-likeness (QED) is 0.325. The van der Waals surface area contributed by atoms with Crippen molar-refractivity contribution in [3.05, 3.63) is 34.9 Å². The van der Waals surface area contributed by atoms with E-state index in [2.05, 4.69) is 46.6 Å². The number of benzene rings is 1. The summed E-state index contributed by atoms with van der Waals surface area (Å²) in [6.45, 7) is 4.25. The second-order valence-electron chi connectivity index (χ2n) is 3.91. The van der Waals surface area contributed by atoms with Gasteiger partial charge in [0, 0.05) is 9.45 Å². The summed E-state index contributed by atoms with van der Waals surface area (Å²) in [4.78, 5) is 4.34. The summed E-state index contributed by atoms with van der Waals surface area (Å²) >= 11 is 13.0. The van der Waals surface area contributed by atoms with E-state index >= 15 is 0 Å². The molecule has 0 saturated heterocycles. The minimum atomic E-state index is -0.312. The van der Waals surface area contributed by atoms with Gasteiger partial charge in [-0.3, -0.25) is 0 Å². The fraction of sp³-hybridized carbons (Fsp3) is 0.417. The Morgan fingerprint density at radius 3 is 2.50 bits per heavy atom. The molecule has 4 heteroatoms. The van der Waals surface area contributed by atoms with Crippen LogP contribution >= 0.6 is 46.4 Å². The lowest BCUT2D eigenvalue weighted by Gasteiger charge is -2.30. The van der Waals surface area contributed by atoms with Crippen LogP contribution in [0.5, 0.6) is 0 Å². The minimum Gasteiger partial charge on any atom is -0.221 e. The number of isothiocyanates is 1. The zero-order chi connectivity index (χ0) is 12.2. The Hall–Kier alpha value is 0.0400. The molecule has 0 amide bonds. The van der Waals surface area contributed by atoms with Gasteiger partial charge in [-0.2, -0.15) is 0 Å². The van der Waals surface area contributed by atoms with Gasteiger partial charge in [0.25, 0.3) is 0 Å². The Bertz CT molecular complexity index is 400. The number of thiocarbonyl (C=S) groups is 1. The van der Waals surface area contributed by atoms with Crippen LogP contribution in [0.1, 0.15) is 19.4 Å². The van der Waals surface area contributed by atoms with Crippen LogP contribution in [-0.4, -0.2) is 9.59 Å². The molecule has 16 heavy (non-hydrogen) atoms. The molecule has 1 aromatic carbocycles. The Morgan fingerprint density at radius 1 is 1.50 bits per heavy atom. The van der Waals surface area contributed by atoms with Gasteiger partial charge in [-0.25, -0.2) is 4.99 Å². The zero-order valence-corrected chi connectivity index (χ0v) is 12.9. The first-order valence-electron chi connectivity index (χ1n) is 4.95. The molecule has 0 heterocycles. The predicted octanol–water partition coefficient (Wildman–Crippen LogP) is 4.73. The minimum absolute atomic E-state index is 0.312. The number of hydrogen-bond donors (Lipinski definition) is 0. The molecule has 0 radical (unpaired) electrons. The van der Waals surface area contributed by atoms with Crippen molar-refractivity contribution in [2.45, 2.75) is 19.4 Å². The van der Waals surface area contributed by atoms with Gasteiger partial charge in [0.2, 0.25) is 0 Å². The molecular formula is C12H13ClINS. The van der Waals surface area contributed by atoms with Gasteiger partial charge in [0.1, 0.15) is 0 Å². The highest BCUT2D eigenvalue weighted by Gasteiger charge is 2.31. The van der Waals surface area contributed by atoms with Gasteiger partial charge in [-0.1, -0.05) is 53.2 Å². The third-order valence-corrected chi connectivity index (χ3v) is 4.56. The van der Waals surface area contributed by atoms with Crippen molar-refractivity contribution in [2.75, 3.05) is 4.43 Å². The predicted molar refractivity (Wildman–Crippen MR) is 81.9 cm³/mol. The van der Waals surface area contributed by atoms with Gasteiger partial charge in [0.15, 0.2) is 0 Å². The van der Waals surface area contributed by atoms with Crippen LogP contribution < -0.4 is 0 Å². The van der Waals surface area contributed by atoms with Crippen LogP contribution in [-0.2, 0) is 5.54 Å². The summed E-state index contributed by atoms with van der Waals surface area (Å²) in [5, 5.41) is 3.24. The normalized spacial score (nSPS) is 16.0. The average Bonchev–Trinajstić information content (AvgIpc) is 2.29. The van der Waals surface area contributed by atoms with E-state index in [1.807, 2.05) is 24.3 Å². The Labute approximate surface area is 120 Å². The molecule has 2 unspecified atom stereocenters. The molecule has 0 aliphatic heterocycles. The van der Waals surface area contributed by atoms with Crippen LogP contribution in [0.25, 0.3) is 0 Å². The monoisotopic (exact) mass is 365 g/mol. The second-order valence-corrected chi connectivity index (χ2v) is 5.41. The summed E-state index contributed by atoms with van der Waals surface area (Å²) in [5.41, 5.74) is 0.812. The first-order valence-corrected chi connectivity index (χ1v) is 7.27. The number of rotatable bonds is 4. The van der Waals surface area contributed by atoms with E-state index in [1.165, 1.54) is 0 Å². The van der Waals surface area contributed by atoms with Crippen LogP contribution in [0.15, 0.2) is 29.3 Å². The number of nitrogens with zero attached hydrogens (tertiary/aromatic N) is 1. The first-order chi connectivity index (χ1) is 7.54. The summed E-state index contributed by atoms with van der Waals surface area (Å²) in [6.07, 6.45) is 0. The summed E-state index contributed by atoms with van der Waals surface area (Å²) in [5.74, 6) is 0.393. The molecule has 2 atom stereocenters. The topological polar surface area (TPSA) is 12.4 Å². The highest BCUT2D eigenvalue weighted by molar-refractivity contribution is 14.1. The number of halogens is 2. The molecule has 0 spiro atoms. The summed E-state index contributed by atoms with van der Waals surface area (Å²) in [6, 6.07) is 7.77. The number of aliphatic imine (C=N–C) groups is 1. The van der Waals surface area contributed by atoms with Crippen molar-refractivity contribution in [1.29, 1.82) is 0 Å². The van der Waals surface area contributed by atoms with Crippen LogP contribution in [0.2, 0.25) is 5.02 Å². The van der Waals surface area contributed by atoms with Gasteiger partial charge < -0.3 is 0 Å². The van der Waals surface area contributed by atoms with E-state index in [1.54, 1.807) is 0 Å².